The zero-order valence-electron chi connectivity index (χ0n) is 12.3. The molecule has 0 heterocycles. The average Bonchev–Trinajstić information content (AvgIpc) is 2.42. The lowest BCUT2D eigenvalue weighted by Crippen LogP contribution is -2.55. The fourth-order valence-corrected chi connectivity index (χ4v) is 2.77. The Balaban J connectivity index is 2.58. The Bertz CT molecular complexity index is 393. The van der Waals surface area contributed by atoms with E-state index in [0.717, 1.165) is 19.3 Å². The average molecular weight is 301 g/mol. The predicted octanol–water partition coefficient (Wildman–Crippen LogP) is 0.901. The number of ether oxygens (including phenoxy) is 1. The molecule has 3 amide bonds. The number of rotatable bonds is 6. The molecular formula is C13H23N3O5. The number of carboxylic acids is 1. The van der Waals surface area contributed by atoms with Crippen LogP contribution in [0.15, 0.2) is 0 Å². The van der Waals surface area contributed by atoms with Gasteiger partial charge in [0, 0.05) is 7.05 Å². The Labute approximate surface area is 123 Å². The van der Waals surface area contributed by atoms with Gasteiger partial charge in [0.2, 0.25) is 0 Å². The largest absolute Gasteiger partial charge is 0.481 e. The van der Waals surface area contributed by atoms with Crippen LogP contribution in [0.5, 0.6) is 0 Å². The first-order valence-corrected chi connectivity index (χ1v) is 7.03. The van der Waals surface area contributed by atoms with Crippen molar-refractivity contribution in [3.05, 3.63) is 0 Å². The number of primary amides is 1. The minimum Gasteiger partial charge on any atom is -0.481 e. The summed E-state index contributed by atoms with van der Waals surface area (Å²) < 4.78 is 4.52. The maximum atomic E-state index is 12.1. The highest BCUT2D eigenvalue weighted by atomic mass is 16.5. The molecule has 8 nitrogen and oxygen atoms in total. The van der Waals surface area contributed by atoms with Gasteiger partial charge in [-0.05, 0) is 12.8 Å². The number of carbonyl (C=O) groups is 3. The summed E-state index contributed by atoms with van der Waals surface area (Å²) in [5.74, 6) is -0.909. The Kier molecular flexibility index (Phi) is 6.26. The molecule has 0 aliphatic heterocycles. The molecular weight excluding hydrogens is 278 g/mol. The topological polar surface area (TPSA) is 122 Å². The van der Waals surface area contributed by atoms with Crippen LogP contribution in [0.25, 0.3) is 0 Å². The fraction of sp³-hybridized carbons (Fsp3) is 0.769. The van der Waals surface area contributed by atoms with Gasteiger partial charge in [-0.25, -0.2) is 9.59 Å². The highest BCUT2D eigenvalue weighted by molar-refractivity contribution is 5.76. The van der Waals surface area contributed by atoms with E-state index >= 15 is 0 Å². The smallest absolute Gasteiger partial charge is 0.404 e. The molecule has 0 bridgehead atoms. The summed E-state index contributed by atoms with van der Waals surface area (Å²) in [4.78, 5) is 35.1. The summed E-state index contributed by atoms with van der Waals surface area (Å²) in [5.41, 5.74) is 4.17. The molecule has 0 unspecified atom stereocenters. The first-order chi connectivity index (χ1) is 9.87. The number of aliphatic carboxylic acids is 1. The number of carbonyl (C=O) groups excluding carboxylic acids is 2. The summed E-state index contributed by atoms with van der Waals surface area (Å²) in [6, 6.07) is -0.369. The van der Waals surface area contributed by atoms with Gasteiger partial charge >= 0.3 is 18.1 Å². The second kappa shape index (κ2) is 7.70. The monoisotopic (exact) mass is 301 g/mol. The number of hydrogen-bond acceptors (Lipinski definition) is 4. The quantitative estimate of drug-likeness (QED) is 0.629. The standard InChI is InChI=1S/C13H23N3O5/c1-16(12(20)15-7-8-21-11(14)19)13(9-10(17)18)5-3-2-4-6-13/h2-9H2,1H3,(H2,14,19)(H,15,20)(H,17,18). The van der Waals surface area contributed by atoms with Crippen LogP contribution < -0.4 is 11.1 Å². The normalized spacial score (nSPS) is 16.8. The fourth-order valence-electron chi connectivity index (χ4n) is 2.77. The Morgan fingerprint density at radius 3 is 2.43 bits per heavy atom. The number of urea groups is 1. The molecule has 0 saturated heterocycles. The van der Waals surface area contributed by atoms with Crippen LogP contribution in [0.2, 0.25) is 0 Å². The van der Waals surface area contributed by atoms with E-state index in [1.54, 1.807) is 7.05 Å². The summed E-state index contributed by atoms with van der Waals surface area (Å²) in [7, 11) is 1.61. The minimum atomic E-state index is -0.909. The first kappa shape index (κ1) is 17.1. The van der Waals surface area contributed by atoms with Crippen molar-refractivity contribution in [2.75, 3.05) is 20.2 Å². The van der Waals surface area contributed by atoms with Gasteiger partial charge in [-0.3, -0.25) is 4.79 Å². The van der Waals surface area contributed by atoms with E-state index in [2.05, 4.69) is 10.1 Å². The van der Waals surface area contributed by atoms with Gasteiger partial charge in [0.1, 0.15) is 6.61 Å². The minimum absolute atomic E-state index is 0.0131. The van der Waals surface area contributed by atoms with E-state index in [1.165, 1.54) is 4.90 Å². The van der Waals surface area contributed by atoms with E-state index in [0.29, 0.717) is 12.8 Å². The molecule has 0 aromatic rings. The lowest BCUT2D eigenvalue weighted by atomic mass is 9.78. The molecule has 120 valence electrons. The third-order valence-corrected chi connectivity index (χ3v) is 3.90. The van der Waals surface area contributed by atoms with Crippen LogP contribution in [0, 0.1) is 0 Å². The summed E-state index contributed by atoms with van der Waals surface area (Å²) >= 11 is 0. The van der Waals surface area contributed by atoms with Crippen LogP contribution in [0.3, 0.4) is 0 Å². The summed E-state index contributed by atoms with van der Waals surface area (Å²) in [6.07, 6.45) is 3.29. The zero-order valence-corrected chi connectivity index (χ0v) is 12.3. The lowest BCUT2D eigenvalue weighted by molar-refractivity contribution is -0.140. The van der Waals surface area contributed by atoms with Crippen LogP contribution >= 0.6 is 0 Å². The third kappa shape index (κ3) is 5.13. The second-order valence-electron chi connectivity index (χ2n) is 5.31. The van der Waals surface area contributed by atoms with E-state index in [4.69, 9.17) is 10.8 Å². The molecule has 0 aromatic carbocycles. The van der Waals surface area contributed by atoms with Gasteiger partial charge in [0.25, 0.3) is 0 Å². The molecule has 21 heavy (non-hydrogen) atoms. The van der Waals surface area contributed by atoms with Gasteiger partial charge in [0.15, 0.2) is 0 Å². The van der Waals surface area contributed by atoms with Crippen molar-refractivity contribution >= 4 is 18.1 Å². The SMILES string of the molecule is CN(C(=O)NCCOC(N)=O)C1(CC(=O)O)CCCCC1. The summed E-state index contributed by atoms with van der Waals surface area (Å²) in [5, 5.41) is 11.7. The Morgan fingerprint density at radius 2 is 1.90 bits per heavy atom. The highest BCUT2D eigenvalue weighted by Crippen LogP contribution is 2.35. The van der Waals surface area contributed by atoms with Gasteiger partial charge in [-0.1, -0.05) is 19.3 Å². The molecule has 4 N–H and O–H groups in total. The number of carboxylic acid groups (broad SMARTS) is 1. The lowest BCUT2D eigenvalue weighted by Gasteiger charge is -2.43. The van der Waals surface area contributed by atoms with Crippen molar-refractivity contribution in [3.63, 3.8) is 0 Å². The first-order valence-electron chi connectivity index (χ1n) is 7.03. The Hall–Kier alpha value is -1.99. The highest BCUT2D eigenvalue weighted by Gasteiger charge is 2.40. The number of amides is 3. The van der Waals surface area contributed by atoms with Crippen LogP contribution in [0.1, 0.15) is 38.5 Å². The zero-order chi connectivity index (χ0) is 15.9. The second-order valence-corrected chi connectivity index (χ2v) is 5.31. The third-order valence-electron chi connectivity index (χ3n) is 3.90. The number of hydrogen-bond donors (Lipinski definition) is 3. The molecule has 8 heteroatoms. The number of nitrogens with zero attached hydrogens (tertiary/aromatic N) is 1. The predicted molar refractivity (Wildman–Crippen MR) is 74.8 cm³/mol. The van der Waals surface area contributed by atoms with E-state index in [-0.39, 0.29) is 25.6 Å². The Morgan fingerprint density at radius 1 is 1.29 bits per heavy atom. The summed E-state index contributed by atoms with van der Waals surface area (Å²) in [6.45, 7) is 0.121. The van der Waals surface area contributed by atoms with Crippen molar-refractivity contribution < 1.29 is 24.2 Å². The van der Waals surface area contributed by atoms with Crippen molar-refractivity contribution in [1.82, 2.24) is 10.2 Å². The molecule has 0 radical (unpaired) electrons. The van der Waals surface area contributed by atoms with Crippen molar-refractivity contribution in [1.29, 1.82) is 0 Å². The molecule has 1 aliphatic rings. The van der Waals surface area contributed by atoms with E-state index < -0.39 is 17.6 Å². The van der Waals surface area contributed by atoms with Gasteiger partial charge < -0.3 is 25.8 Å². The molecule has 1 rings (SSSR count). The van der Waals surface area contributed by atoms with Crippen molar-refractivity contribution in [3.8, 4) is 0 Å². The molecule has 1 fully saturated rings. The van der Waals surface area contributed by atoms with E-state index in [9.17, 15) is 14.4 Å². The maximum Gasteiger partial charge on any atom is 0.404 e. The van der Waals surface area contributed by atoms with Crippen LogP contribution in [-0.4, -0.2) is 53.8 Å². The van der Waals surface area contributed by atoms with E-state index in [1.807, 2.05) is 0 Å². The van der Waals surface area contributed by atoms with Gasteiger partial charge in [-0.2, -0.15) is 0 Å². The van der Waals surface area contributed by atoms with Gasteiger partial charge in [-0.15, -0.1) is 0 Å². The van der Waals surface area contributed by atoms with Gasteiger partial charge in [0.05, 0.1) is 18.5 Å². The van der Waals surface area contributed by atoms with Crippen LogP contribution in [-0.2, 0) is 9.53 Å². The van der Waals surface area contributed by atoms with Crippen LogP contribution in [0.4, 0.5) is 9.59 Å². The molecule has 0 aromatic heterocycles. The maximum absolute atomic E-state index is 12.1. The molecule has 1 saturated carbocycles. The molecule has 1 aliphatic carbocycles. The van der Waals surface area contributed by atoms with Crippen molar-refractivity contribution in [2.45, 2.75) is 44.1 Å². The van der Waals surface area contributed by atoms with Crippen molar-refractivity contribution in [2.24, 2.45) is 5.73 Å². The molecule has 0 spiro atoms. The number of nitrogens with two attached hydrogens (primary N) is 1. The number of nitrogens with one attached hydrogen (secondary N) is 1. The molecule has 0 atom stereocenters.